The van der Waals surface area contributed by atoms with Crippen molar-refractivity contribution in [1.82, 2.24) is 0 Å². The Balaban J connectivity index is 1.66. The number of carboxylic acids is 2. The Hall–Kier alpha value is -1.91. The summed E-state index contributed by atoms with van der Waals surface area (Å²) >= 11 is 0. The van der Waals surface area contributed by atoms with Crippen molar-refractivity contribution in [2.24, 2.45) is 39.4 Å². The molecule has 0 aromatic heterocycles. The first-order valence-corrected chi connectivity index (χ1v) is 13.6. The van der Waals surface area contributed by atoms with Crippen LogP contribution in [0.25, 0.3) is 0 Å². The van der Waals surface area contributed by atoms with E-state index in [1.807, 2.05) is 0 Å². The average molecular weight is 485 g/mol. The molecule has 0 aromatic rings. The maximum Gasteiger partial charge on any atom is 0.330 e. The van der Waals surface area contributed by atoms with Gasteiger partial charge in [0.15, 0.2) is 0 Å². The molecule has 194 valence electrons. The molecule has 5 heteroatoms. The number of carbonyl (C=O) groups excluding carboxylic acids is 1. The summed E-state index contributed by atoms with van der Waals surface area (Å²) in [6.07, 6.45) is 10.3. The Morgan fingerprint density at radius 3 is 2.29 bits per heavy atom. The highest BCUT2D eigenvalue weighted by atomic mass is 16.4. The van der Waals surface area contributed by atoms with Gasteiger partial charge in [-0.1, -0.05) is 51.8 Å². The minimum absolute atomic E-state index is 0.00858. The second-order valence-electron chi connectivity index (χ2n) is 13.2. The van der Waals surface area contributed by atoms with Crippen LogP contribution in [0.4, 0.5) is 0 Å². The molecule has 2 fully saturated rings. The number of ketones is 1. The van der Waals surface area contributed by atoms with E-state index in [4.69, 9.17) is 5.11 Å². The van der Waals surface area contributed by atoms with Crippen molar-refractivity contribution in [1.29, 1.82) is 0 Å². The molecule has 4 aliphatic carbocycles. The zero-order chi connectivity index (χ0) is 26.0. The van der Waals surface area contributed by atoms with Crippen LogP contribution in [0.3, 0.4) is 0 Å². The lowest BCUT2D eigenvalue weighted by atomic mass is 9.43. The van der Waals surface area contributed by atoms with Crippen LogP contribution in [0.15, 0.2) is 22.8 Å². The third kappa shape index (κ3) is 3.74. The number of hydrogen-bond donors (Lipinski definition) is 2. The first-order valence-electron chi connectivity index (χ1n) is 13.6. The van der Waals surface area contributed by atoms with Crippen LogP contribution in [0.1, 0.15) is 106 Å². The van der Waals surface area contributed by atoms with Crippen molar-refractivity contribution in [3.8, 4) is 0 Å². The topological polar surface area (TPSA) is 91.7 Å². The molecule has 0 aromatic carbocycles. The summed E-state index contributed by atoms with van der Waals surface area (Å²) in [4.78, 5) is 36.4. The fourth-order valence-corrected chi connectivity index (χ4v) is 9.24. The molecule has 0 heterocycles. The molecule has 6 atom stereocenters. The Bertz CT molecular complexity index is 1000. The van der Waals surface area contributed by atoms with Crippen molar-refractivity contribution >= 4 is 17.7 Å². The molecular formula is C30H44O5. The molecule has 2 N–H and O–H groups in total. The lowest BCUT2D eigenvalue weighted by molar-refractivity contribution is -0.146. The summed E-state index contributed by atoms with van der Waals surface area (Å²) in [7, 11) is 0. The molecule has 5 nitrogen and oxygen atoms in total. The van der Waals surface area contributed by atoms with Gasteiger partial charge in [-0.05, 0) is 92.8 Å². The van der Waals surface area contributed by atoms with Crippen LogP contribution < -0.4 is 0 Å². The van der Waals surface area contributed by atoms with Crippen LogP contribution in [0, 0.1) is 39.4 Å². The number of Topliss-reactive ketones (excluding diaryl/α,β-unsaturated/α-hetero) is 1. The summed E-state index contributed by atoms with van der Waals surface area (Å²) in [5.74, 6) is -1.26. The molecule has 0 radical (unpaired) electrons. The molecule has 0 aliphatic heterocycles. The van der Waals surface area contributed by atoms with Crippen LogP contribution in [0.2, 0.25) is 0 Å². The Morgan fingerprint density at radius 2 is 1.66 bits per heavy atom. The maximum atomic E-state index is 12.8. The van der Waals surface area contributed by atoms with Gasteiger partial charge >= 0.3 is 11.9 Å². The minimum Gasteiger partial charge on any atom is -0.481 e. The average Bonchev–Trinajstić information content (AvgIpc) is 3.05. The fraction of sp³-hybridized carbons (Fsp3) is 0.767. The first kappa shape index (κ1) is 26.2. The van der Waals surface area contributed by atoms with Gasteiger partial charge in [0.2, 0.25) is 0 Å². The predicted octanol–water partition coefficient (Wildman–Crippen LogP) is 6.82. The van der Waals surface area contributed by atoms with Gasteiger partial charge in [-0.3, -0.25) is 9.59 Å². The zero-order valence-electron chi connectivity index (χ0n) is 22.5. The SMILES string of the molecule is C/C(=C\CC[C@H](C(=O)O)[C@@H]1CC[C@@]2(C)C3=C(CC[C@]12C)[C@@]1(C)CCC(=O)C(C)(C)[C@@H]1CC3)C(=O)O. The van der Waals surface area contributed by atoms with E-state index in [2.05, 4.69) is 34.6 Å². The van der Waals surface area contributed by atoms with Crippen molar-refractivity contribution in [3.63, 3.8) is 0 Å². The number of aliphatic carboxylic acids is 2. The van der Waals surface area contributed by atoms with Gasteiger partial charge in [0.05, 0.1) is 5.92 Å². The number of allylic oxidation sites excluding steroid dienone is 3. The minimum atomic E-state index is -0.944. The first-order chi connectivity index (χ1) is 16.2. The molecule has 0 spiro atoms. The second kappa shape index (κ2) is 8.59. The molecule has 0 bridgehead atoms. The number of rotatable bonds is 6. The predicted molar refractivity (Wildman–Crippen MR) is 136 cm³/mol. The Labute approximate surface area is 210 Å². The Kier molecular flexibility index (Phi) is 6.42. The van der Waals surface area contributed by atoms with Crippen LogP contribution in [0.5, 0.6) is 0 Å². The Morgan fingerprint density at radius 1 is 0.971 bits per heavy atom. The standard InChI is InChI=1S/C30H44O5/c1-18(25(32)33)8-7-9-19(26(34)35)20-12-16-30(6)22-10-11-23-27(2,3)24(31)14-15-28(23,4)21(22)13-17-29(20,30)5/h8,19-20,23H,7,9-17H2,1-6H3,(H,32,33)(H,34,35)/b18-8+/t19-,20-,23-,28+,29+,30-/m0/s1. The van der Waals surface area contributed by atoms with Crippen molar-refractivity contribution in [3.05, 3.63) is 22.8 Å². The molecule has 4 rings (SSSR count). The highest BCUT2D eigenvalue weighted by Crippen LogP contribution is 2.72. The lowest BCUT2D eigenvalue weighted by Crippen LogP contribution is -2.54. The number of fused-ring (bicyclic) bond motifs is 4. The van der Waals surface area contributed by atoms with Gasteiger partial charge < -0.3 is 10.2 Å². The fourth-order valence-electron chi connectivity index (χ4n) is 9.24. The van der Waals surface area contributed by atoms with Crippen molar-refractivity contribution < 1.29 is 24.6 Å². The van der Waals surface area contributed by atoms with Crippen LogP contribution in [-0.2, 0) is 14.4 Å². The van der Waals surface area contributed by atoms with E-state index in [1.165, 1.54) is 0 Å². The van der Waals surface area contributed by atoms with E-state index in [-0.39, 0.29) is 33.2 Å². The highest BCUT2D eigenvalue weighted by molar-refractivity contribution is 5.86. The van der Waals surface area contributed by atoms with E-state index in [0.29, 0.717) is 31.0 Å². The quantitative estimate of drug-likeness (QED) is 0.319. The van der Waals surface area contributed by atoms with E-state index in [1.54, 1.807) is 24.1 Å². The summed E-state index contributed by atoms with van der Waals surface area (Å²) in [5, 5.41) is 19.4. The van der Waals surface area contributed by atoms with E-state index < -0.39 is 17.9 Å². The molecule has 35 heavy (non-hydrogen) atoms. The third-order valence-corrected chi connectivity index (χ3v) is 11.6. The maximum absolute atomic E-state index is 12.8. The molecule has 0 unspecified atom stereocenters. The van der Waals surface area contributed by atoms with Gasteiger partial charge in [0.25, 0.3) is 0 Å². The number of hydrogen-bond acceptors (Lipinski definition) is 3. The molecule has 2 saturated carbocycles. The number of carbonyl (C=O) groups is 3. The van der Waals surface area contributed by atoms with Crippen molar-refractivity contribution in [2.75, 3.05) is 0 Å². The molecule has 4 aliphatic rings. The molecular weight excluding hydrogens is 440 g/mol. The van der Waals surface area contributed by atoms with Gasteiger partial charge in [0, 0.05) is 17.4 Å². The summed E-state index contributed by atoms with van der Waals surface area (Å²) < 4.78 is 0. The van der Waals surface area contributed by atoms with E-state index in [9.17, 15) is 19.5 Å². The summed E-state index contributed by atoms with van der Waals surface area (Å²) in [6.45, 7) is 13.0. The zero-order valence-corrected chi connectivity index (χ0v) is 22.5. The van der Waals surface area contributed by atoms with Gasteiger partial charge in [-0.25, -0.2) is 4.79 Å². The molecule has 0 saturated heterocycles. The van der Waals surface area contributed by atoms with E-state index >= 15 is 0 Å². The van der Waals surface area contributed by atoms with Crippen molar-refractivity contribution in [2.45, 2.75) is 106 Å². The summed E-state index contributed by atoms with van der Waals surface area (Å²) in [6, 6.07) is 0. The normalized spacial score (nSPS) is 39.5. The largest absolute Gasteiger partial charge is 0.481 e. The smallest absolute Gasteiger partial charge is 0.330 e. The van der Waals surface area contributed by atoms with Gasteiger partial charge in [-0.2, -0.15) is 0 Å². The summed E-state index contributed by atoms with van der Waals surface area (Å²) in [5.41, 5.74) is 3.17. The highest BCUT2D eigenvalue weighted by Gasteiger charge is 2.64. The third-order valence-electron chi connectivity index (χ3n) is 11.6. The van der Waals surface area contributed by atoms with E-state index in [0.717, 1.165) is 44.9 Å². The van der Waals surface area contributed by atoms with Gasteiger partial charge in [0.1, 0.15) is 5.78 Å². The van der Waals surface area contributed by atoms with Gasteiger partial charge in [-0.15, -0.1) is 0 Å². The number of carboxylic acid groups (broad SMARTS) is 2. The van der Waals surface area contributed by atoms with Crippen LogP contribution >= 0.6 is 0 Å². The monoisotopic (exact) mass is 484 g/mol. The lowest BCUT2D eigenvalue weighted by Gasteiger charge is -2.60. The second-order valence-corrected chi connectivity index (χ2v) is 13.2. The molecule has 0 amide bonds. The van der Waals surface area contributed by atoms with Crippen LogP contribution in [-0.4, -0.2) is 27.9 Å².